The number of hydrogen-bond acceptors (Lipinski definition) is 8. The molecular formula is C21H23F2N3O5S. The Bertz CT molecular complexity index is 1100. The molecule has 0 atom stereocenters. The van der Waals surface area contributed by atoms with Crippen LogP contribution in [0.5, 0.6) is 23.0 Å². The minimum Gasteiger partial charge on any atom is -0.497 e. The number of benzene rings is 2. The highest BCUT2D eigenvalue weighted by Gasteiger charge is 2.15. The van der Waals surface area contributed by atoms with Crippen molar-refractivity contribution in [2.45, 2.75) is 19.8 Å². The largest absolute Gasteiger partial charge is 0.497 e. The van der Waals surface area contributed by atoms with Gasteiger partial charge in [0.15, 0.2) is 11.5 Å². The SMILES string of the molecule is COc1cc(OC)cc(-c2nn(CN(C)Cc3ccc(OC)c(OC(F)F)c3)c(=S)o2)c1. The predicted molar refractivity (Wildman–Crippen MR) is 115 cm³/mol. The van der Waals surface area contributed by atoms with Crippen LogP contribution in [-0.4, -0.2) is 49.7 Å². The van der Waals surface area contributed by atoms with E-state index in [4.69, 9.17) is 30.8 Å². The van der Waals surface area contributed by atoms with Crippen molar-refractivity contribution in [1.82, 2.24) is 14.7 Å². The average molecular weight is 467 g/mol. The Kier molecular flexibility index (Phi) is 7.65. The Balaban J connectivity index is 1.76. The second kappa shape index (κ2) is 10.4. The van der Waals surface area contributed by atoms with E-state index in [1.165, 1.54) is 17.9 Å². The van der Waals surface area contributed by atoms with Gasteiger partial charge in [-0.05, 0) is 49.1 Å². The van der Waals surface area contributed by atoms with Crippen LogP contribution in [0, 0.1) is 4.84 Å². The molecule has 0 amide bonds. The highest BCUT2D eigenvalue weighted by molar-refractivity contribution is 7.71. The number of ether oxygens (including phenoxy) is 4. The van der Waals surface area contributed by atoms with Crippen molar-refractivity contribution >= 4 is 12.2 Å². The van der Waals surface area contributed by atoms with Crippen LogP contribution in [-0.2, 0) is 13.2 Å². The van der Waals surface area contributed by atoms with Gasteiger partial charge in [-0.15, -0.1) is 5.10 Å². The van der Waals surface area contributed by atoms with Crippen LogP contribution < -0.4 is 18.9 Å². The molecule has 8 nitrogen and oxygen atoms in total. The second-order valence-electron chi connectivity index (χ2n) is 6.79. The first-order valence-corrected chi connectivity index (χ1v) is 9.85. The number of rotatable bonds is 10. The number of aromatic nitrogens is 2. The maximum atomic E-state index is 12.7. The Morgan fingerprint density at radius 2 is 1.72 bits per heavy atom. The van der Waals surface area contributed by atoms with Crippen LogP contribution in [0.15, 0.2) is 40.8 Å². The first-order valence-electron chi connectivity index (χ1n) is 9.44. The molecule has 0 fully saturated rings. The summed E-state index contributed by atoms with van der Waals surface area (Å²) in [5, 5.41) is 4.45. The van der Waals surface area contributed by atoms with Crippen molar-refractivity contribution in [3.63, 3.8) is 0 Å². The fourth-order valence-electron chi connectivity index (χ4n) is 3.04. The van der Waals surface area contributed by atoms with E-state index in [1.54, 1.807) is 44.6 Å². The summed E-state index contributed by atoms with van der Waals surface area (Å²) in [6.07, 6.45) is 0. The zero-order chi connectivity index (χ0) is 23.3. The predicted octanol–water partition coefficient (Wildman–Crippen LogP) is 4.59. The highest BCUT2D eigenvalue weighted by Crippen LogP contribution is 2.31. The van der Waals surface area contributed by atoms with Crippen molar-refractivity contribution in [2.75, 3.05) is 28.4 Å². The molecule has 1 heterocycles. The number of nitrogens with zero attached hydrogens (tertiary/aromatic N) is 3. The standard InChI is InChI=1S/C21H23F2N3O5S/c1-25(11-13-5-6-17(29-4)18(7-13)30-20(22)23)12-26-21(32)31-19(24-26)14-8-15(27-2)10-16(9-14)28-3/h5-10,20H,11-12H2,1-4H3. The first kappa shape index (κ1) is 23.5. The van der Waals surface area contributed by atoms with E-state index in [0.717, 1.165) is 5.56 Å². The lowest BCUT2D eigenvalue weighted by Crippen LogP contribution is -2.22. The molecule has 0 aliphatic carbocycles. The zero-order valence-electron chi connectivity index (χ0n) is 18.0. The van der Waals surface area contributed by atoms with Crippen molar-refractivity contribution < 1.29 is 32.1 Å². The maximum Gasteiger partial charge on any atom is 0.387 e. The molecule has 0 aliphatic heterocycles. The molecule has 11 heteroatoms. The lowest BCUT2D eigenvalue weighted by Gasteiger charge is -2.17. The van der Waals surface area contributed by atoms with E-state index in [9.17, 15) is 8.78 Å². The lowest BCUT2D eigenvalue weighted by atomic mass is 10.2. The summed E-state index contributed by atoms with van der Waals surface area (Å²) >= 11 is 5.30. The monoisotopic (exact) mass is 467 g/mol. The van der Waals surface area contributed by atoms with Gasteiger partial charge in [-0.2, -0.15) is 8.78 Å². The first-order chi connectivity index (χ1) is 15.3. The van der Waals surface area contributed by atoms with Crippen LogP contribution in [0.25, 0.3) is 11.5 Å². The van der Waals surface area contributed by atoms with E-state index in [0.29, 0.717) is 36.2 Å². The van der Waals surface area contributed by atoms with Crippen LogP contribution >= 0.6 is 12.2 Å². The van der Waals surface area contributed by atoms with Crippen molar-refractivity contribution in [3.8, 4) is 34.5 Å². The maximum absolute atomic E-state index is 12.7. The number of hydrogen-bond donors (Lipinski definition) is 0. The molecule has 2 aromatic carbocycles. The topological polar surface area (TPSA) is 71.1 Å². The molecule has 0 bridgehead atoms. The van der Waals surface area contributed by atoms with Crippen LogP contribution in [0.4, 0.5) is 8.78 Å². The molecule has 3 rings (SSSR count). The van der Waals surface area contributed by atoms with Gasteiger partial charge in [0.25, 0.3) is 4.84 Å². The van der Waals surface area contributed by atoms with E-state index in [-0.39, 0.29) is 16.3 Å². The van der Waals surface area contributed by atoms with Gasteiger partial charge in [0, 0.05) is 18.2 Å². The van der Waals surface area contributed by atoms with Crippen molar-refractivity contribution in [2.24, 2.45) is 0 Å². The van der Waals surface area contributed by atoms with Crippen molar-refractivity contribution in [1.29, 1.82) is 0 Å². The second-order valence-corrected chi connectivity index (χ2v) is 7.14. The van der Waals surface area contributed by atoms with Crippen molar-refractivity contribution in [3.05, 3.63) is 46.8 Å². The van der Waals surface area contributed by atoms with Crippen LogP contribution in [0.1, 0.15) is 5.56 Å². The van der Waals surface area contributed by atoms with E-state index in [2.05, 4.69) is 9.84 Å². The normalized spacial score (nSPS) is 11.1. The smallest absolute Gasteiger partial charge is 0.387 e. The summed E-state index contributed by atoms with van der Waals surface area (Å²) in [6.45, 7) is -2.22. The zero-order valence-corrected chi connectivity index (χ0v) is 18.8. The van der Waals surface area contributed by atoms with E-state index in [1.807, 2.05) is 11.9 Å². The molecule has 1 aromatic heterocycles. The summed E-state index contributed by atoms with van der Waals surface area (Å²) in [5.74, 6) is 1.70. The number of methoxy groups -OCH3 is 3. The molecule has 0 spiro atoms. The van der Waals surface area contributed by atoms with Gasteiger partial charge >= 0.3 is 6.61 Å². The molecular weight excluding hydrogens is 444 g/mol. The average Bonchev–Trinajstić information content (AvgIpc) is 3.13. The fraction of sp³-hybridized carbons (Fsp3) is 0.333. The Hall–Kier alpha value is -3.18. The fourth-order valence-corrected chi connectivity index (χ4v) is 3.22. The molecule has 0 radical (unpaired) electrons. The van der Waals surface area contributed by atoms with Crippen LogP contribution in [0.3, 0.4) is 0 Å². The number of alkyl halides is 2. The van der Waals surface area contributed by atoms with E-state index < -0.39 is 6.61 Å². The molecule has 0 saturated carbocycles. The summed E-state index contributed by atoms with van der Waals surface area (Å²) in [5.41, 5.74) is 1.40. The molecule has 0 aliphatic rings. The summed E-state index contributed by atoms with van der Waals surface area (Å²) in [6, 6.07) is 10.1. The summed E-state index contributed by atoms with van der Waals surface area (Å²) in [7, 11) is 6.33. The summed E-state index contributed by atoms with van der Waals surface area (Å²) in [4.78, 5) is 2.08. The molecule has 172 valence electrons. The molecule has 0 N–H and O–H groups in total. The van der Waals surface area contributed by atoms with Gasteiger partial charge in [-0.3, -0.25) is 4.90 Å². The molecule has 3 aromatic rings. The third kappa shape index (κ3) is 5.74. The highest BCUT2D eigenvalue weighted by atomic mass is 32.1. The van der Waals surface area contributed by atoms with Gasteiger partial charge in [0.1, 0.15) is 11.5 Å². The Morgan fingerprint density at radius 1 is 1.03 bits per heavy atom. The lowest BCUT2D eigenvalue weighted by molar-refractivity contribution is -0.0512. The van der Waals surface area contributed by atoms with Gasteiger partial charge in [0.2, 0.25) is 5.89 Å². The third-order valence-corrected chi connectivity index (χ3v) is 4.77. The number of halogens is 2. The Morgan fingerprint density at radius 3 is 2.31 bits per heavy atom. The van der Waals surface area contributed by atoms with E-state index >= 15 is 0 Å². The van der Waals surface area contributed by atoms with Gasteiger partial charge in [0.05, 0.1) is 28.0 Å². The van der Waals surface area contributed by atoms with Gasteiger partial charge in [-0.25, -0.2) is 4.68 Å². The van der Waals surface area contributed by atoms with Gasteiger partial charge < -0.3 is 23.4 Å². The Labute approximate surface area is 188 Å². The molecule has 32 heavy (non-hydrogen) atoms. The molecule has 0 saturated heterocycles. The molecule has 0 unspecified atom stereocenters. The summed E-state index contributed by atoms with van der Waals surface area (Å²) < 4.78 is 52.7. The minimum atomic E-state index is -2.95. The minimum absolute atomic E-state index is 0.0271. The third-order valence-electron chi connectivity index (χ3n) is 4.48. The van der Waals surface area contributed by atoms with Crippen LogP contribution in [0.2, 0.25) is 0 Å². The quantitative estimate of drug-likeness (QED) is 0.401. The van der Waals surface area contributed by atoms with Gasteiger partial charge in [-0.1, -0.05) is 6.07 Å².